The van der Waals surface area contributed by atoms with Crippen LogP contribution in [0.3, 0.4) is 0 Å². The Morgan fingerprint density at radius 1 is 1.58 bits per heavy atom. The highest BCUT2D eigenvalue weighted by atomic mass is 16.5. The third-order valence-electron chi connectivity index (χ3n) is 4.67. The Morgan fingerprint density at radius 3 is 2.95 bits per heavy atom. The van der Waals surface area contributed by atoms with Crippen molar-refractivity contribution in [3.8, 4) is 0 Å². The smallest absolute Gasteiger partial charge is 0.301 e. The van der Waals surface area contributed by atoms with Gasteiger partial charge in [0.15, 0.2) is 0 Å². The van der Waals surface area contributed by atoms with Gasteiger partial charge in [0.2, 0.25) is 5.91 Å². The molecule has 1 aromatic rings. The molecular weight excluding hydrogens is 246 g/mol. The molecule has 3 unspecified atom stereocenters. The van der Waals surface area contributed by atoms with Crippen molar-refractivity contribution in [2.45, 2.75) is 38.8 Å². The van der Waals surface area contributed by atoms with Crippen LogP contribution in [0.4, 0.5) is 6.01 Å². The molecule has 2 heterocycles. The second kappa shape index (κ2) is 3.80. The van der Waals surface area contributed by atoms with Crippen molar-refractivity contribution in [2.24, 2.45) is 17.1 Å². The molecule has 3 atom stereocenters. The summed E-state index contributed by atoms with van der Waals surface area (Å²) in [7, 11) is 0. The summed E-state index contributed by atoms with van der Waals surface area (Å²) in [4.78, 5) is 16.6. The summed E-state index contributed by atoms with van der Waals surface area (Å²) in [6.07, 6.45) is 2.38. The lowest BCUT2D eigenvalue weighted by Gasteiger charge is -2.60. The molecule has 6 nitrogen and oxygen atoms in total. The second-order valence-electron chi connectivity index (χ2n) is 6.03. The molecule has 1 aromatic heterocycles. The van der Waals surface area contributed by atoms with Gasteiger partial charge >= 0.3 is 6.01 Å². The van der Waals surface area contributed by atoms with E-state index >= 15 is 0 Å². The second-order valence-corrected chi connectivity index (χ2v) is 6.03. The van der Waals surface area contributed by atoms with Crippen LogP contribution in [-0.4, -0.2) is 29.1 Å². The number of hydrogen-bond acceptors (Lipinski definition) is 5. The quantitative estimate of drug-likeness (QED) is 0.834. The molecule has 1 aliphatic heterocycles. The highest BCUT2D eigenvalue weighted by Gasteiger charge is 2.71. The number of nitrogens with one attached hydrogen (secondary N) is 1. The van der Waals surface area contributed by atoms with Gasteiger partial charge in [-0.2, -0.15) is 4.98 Å². The Labute approximate surface area is 111 Å². The zero-order valence-electron chi connectivity index (χ0n) is 11.4. The molecule has 3 N–H and O–H groups in total. The van der Waals surface area contributed by atoms with Crippen LogP contribution in [-0.2, 0) is 9.53 Å². The van der Waals surface area contributed by atoms with Gasteiger partial charge in [-0.25, -0.2) is 0 Å². The maximum Gasteiger partial charge on any atom is 0.301 e. The predicted octanol–water partition coefficient (Wildman–Crippen LogP) is 1.06. The van der Waals surface area contributed by atoms with Crippen LogP contribution in [0.1, 0.15) is 26.0 Å². The van der Waals surface area contributed by atoms with Gasteiger partial charge in [0.25, 0.3) is 0 Å². The number of anilines is 1. The van der Waals surface area contributed by atoms with E-state index in [2.05, 4.69) is 10.3 Å². The fraction of sp³-hybridized carbons (Fsp3) is 0.692. The number of ether oxygens (including phenoxy) is 1. The van der Waals surface area contributed by atoms with Gasteiger partial charge in [-0.15, -0.1) is 0 Å². The standard InChI is InChI=1S/C13H19N3O3/c1-7-6-19-11(15-7)16-10(17)13(14)8-4-5-18-9(8)12(13,2)3/h6,8-9H,4-5,14H2,1-3H3,(H,15,16,17). The maximum absolute atomic E-state index is 12.5. The number of oxazole rings is 1. The highest BCUT2D eigenvalue weighted by molar-refractivity contribution is 5.99. The van der Waals surface area contributed by atoms with Gasteiger partial charge in [0, 0.05) is 17.9 Å². The van der Waals surface area contributed by atoms with Crippen molar-refractivity contribution in [1.82, 2.24) is 4.98 Å². The zero-order chi connectivity index (χ0) is 13.8. The number of hydrogen-bond donors (Lipinski definition) is 2. The fourth-order valence-electron chi connectivity index (χ4n) is 3.46. The van der Waals surface area contributed by atoms with Crippen molar-refractivity contribution in [3.05, 3.63) is 12.0 Å². The maximum atomic E-state index is 12.5. The summed E-state index contributed by atoms with van der Waals surface area (Å²) < 4.78 is 10.8. The van der Waals surface area contributed by atoms with Crippen LogP contribution < -0.4 is 11.1 Å². The number of nitrogens with zero attached hydrogens (tertiary/aromatic N) is 1. The van der Waals surface area contributed by atoms with E-state index in [-0.39, 0.29) is 29.4 Å². The van der Waals surface area contributed by atoms with Crippen molar-refractivity contribution in [3.63, 3.8) is 0 Å². The Morgan fingerprint density at radius 2 is 2.32 bits per heavy atom. The van der Waals surface area contributed by atoms with E-state index in [1.807, 2.05) is 13.8 Å². The van der Waals surface area contributed by atoms with E-state index in [4.69, 9.17) is 14.9 Å². The molecule has 2 aliphatic rings. The number of carbonyl (C=O) groups is 1. The lowest BCUT2D eigenvalue weighted by Crippen LogP contribution is -2.79. The average Bonchev–Trinajstić information content (AvgIpc) is 2.96. The lowest BCUT2D eigenvalue weighted by molar-refractivity contribution is -0.171. The van der Waals surface area contributed by atoms with Gasteiger partial charge in [-0.1, -0.05) is 13.8 Å². The van der Waals surface area contributed by atoms with E-state index in [0.717, 1.165) is 12.1 Å². The normalized spacial score (nSPS) is 35.6. The first-order valence-electron chi connectivity index (χ1n) is 6.51. The van der Waals surface area contributed by atoms with Gasteiger partial charge in [0.1, 0.15) is 11.8 Å². The molecule has 1 saturated carbocycles. The van der Waals surface area contributed by atoms with E-state index < -0.39 is 5.54 Å². The van der Waals surface area contributed by atoms with E-state index in [0.29, 0.717) is 6.61 Å². The number of amides is 1. The Bertz CT molecular complexity index is 525. The topological polar surface area (TPSA) is 90.4 Å². The third-order valence-corrected chi connectivity index (χ3v) is 4.67. The SMILES string of the molecule is Cc1coc(NC(=O)C2(N)C3CCOC3C2(C)C)n1. The van der Waals surface area contributed by atoms with Crippen molar-refractivity contribution >= 4 is 11.9 Å². The molecule has 0 spiro atoms. The minimum absolute atomic E-state index is 0.0644. The highest BCUT2D eigenvalue weighted by Crippen LogP contribution is 2.58. The predicted molar refractivity (Wildman–Crippen MR) is 68.4 cm³/mol. The summed E-state index contributed by atoms with van der Waals surface area (Å²) in [6.45, 7) is 6.41. The van der Waals surface area contributed by atoms with Crippen molar-refractivity contribution < 1.29 is 13.9 Å². The minimum atomic E-state index is -0.934. The summed E-state index contributed by atoms with van der Waals surface area (Å²) in [5.41, 5.74) is 5.80. The van der Waals surface area contributed by atoms with Gasteiger partial charge in [0.05, 0.1) is 11.8 Å². The number of aryl methyl sites for hydroxylation is 1. The molecule has 104 valence electrons. The third kappa shape index (κ3) is 1.50. The molecule has 1 saturated heterocycles. The molecule has 0 bridgehead atoms. The monoisotopic (exact) mass is 265 g/mol. The summed E-state index contributed by atoms with van der Waals surface area (Å²) >= 11 is 0. The molecule has 0 aromatic carbocycles. The first-order chi connectivity index (χ1) is 8.87. The van der Waals surface area contributed by atoms with Crippen LogP contribution in [0.15, 0.2) is 10.7 Å². The molecule has 3 rings (SSSR count). The van der Waals surface area contributed by atoms with Crippen molar-refractivity contribution in [1.29, 1.82) is 0 Å². The van der Waals surface area contributed by atoms with Gasteiger partial charge in [-0.3, -0.25) is 10.1 Å². The van der Waals surface area contributed by atoms with E-state index in [9.17, 15) is 4.79 Å². The first kappa shape index (κ1) is 12.6. The summed E-state index contributed by atoms with van der Waals surface area (Å²) in [6, 6.07) is 0.200. The average molecular weight is 265 g/mol. The van der Waals surface area contributed by atoms with Gasteiger partial charge < -0.3 is 14.9 Å². The molecule has 1 amide bonds. The number of aromatic nitrogens is 1. The Hall–Kier alpha value is -1.40. The molecule has 1 aliphatic carbocycles. The number of carbonyl (C=O) groups excluding carboxylic acids is 1. The van der Waals surface area contributed by atoms with Crippen LogP contribution in [0.2, 0.25) is 0 Å². The number of rotatable bonds is 2. The summed E-state index contributed by atoms with van der Waals surface area (Å²) in [5.74, 6) is -0.176. The van der Waals surface area contributed by atoms with Gasteiger partial charge in [-0.05, 0) is 13.3 Å². The number of fused-ring (bicyclic) bond motifs is 1. The van der Waals surface area contributed by atoms with Crippen LogP contribution in [0.5, 0.6) is 0 Å². The largest absolute Gasteiger partial charge is 0.432 e. The fourth-order valence-corrected chi connectivity index (χ4v) is 3.46. The Balaban J connectivity index is 1.82. The number of nitrogens with two attached hydrogens (primary N) is 1. The van der Waals surface area contributed by atoms with E-state index in [1.165, 1.54) is 6.26 Å². The molecule has 0 radical (unpaired) electrons. The molecule has 19 heavy (non-hydrogen) atoms. The minimum Gasteiger partial charge on any atom is -0.432 e. The zero-order valence-corrected chi connectivity index (χ0v) is 11.4. The Kier molecular flexibility index (Phi) is 2.53. The lowest BCUT2D eigenvalue weighted by atomic mass is 9.48. The first-order valence-corrected chi connectivity index (χ1v) is 6.51. The molecular formula is C13H19N3O3. The molecule has 6 heteroatoms. The molecule has 2 fully saturated rings. The van der Waals surface area contributed by atoms with Crippen LogP contribution in [0.25, 0.3) is 0 Å². The van der Waals surface area contributed by atoms with Crippen molar-refractivity contribution in [2.75, 3.05) is 11.9 Å². The van der Waals surface area contributed by atoms with Crippen LogP contribution in [0, 0.1) is 18.3 Å². The van der Waals surface area contributed by atoms with Crippen LogP contribution >= 0.6 is 0 Å². The van der Waals surface area contributed by atoms with E-state index in [1.54, 1.807) is 6.92 Å². The summed E-state index contributed by atoms with van der Waals surface area (Å²) in [5, 5.41) is 2.68.